The molecule has 0 atom stereocenters. The van der Waals surface area contributed by atoms with Crippen LogP contribution in [0.1, 0.15) is 5.56 Å². The fourth-order valence-corrected chi connectivity index (χ4v) is 1.96. The topological polar surface area (TPSA) is 70.2 Å². The van der Waals surface area contributed by atoms with Crippen LogP contribution in [0.3, 0.4) is 0 Å². The van der Waals surface area contributed by atoms with Gasteiger partial charge in [-0.2, -0.15) is 5.10 Å². The number of nitrogens with zero attached hydrogens (tertiary/aromatic N) is 3. The van der Waals surface area contributed by atoms with Gasteiger partial charge in [-0.05, 0) is 33.6 Å². The average Bonchev–Trinajstić information content (AvgIpc) is 2.72. The summed E-state index contributed by atoms with van der Waals surface area (Å²) in [6.07, 6.45) is 1.23. The van der Waals surface area contributed by atoms with Crippen molar-refractivity contribution in [3.8, 4) is 5.75 Å². The van der Waals surface area contributed by atoms with Crippen molar-refractivity contribution in [1.82, 2.24) is 9.78 Å². The Hall–Kier alpha value is -1.89. The van der Waals surface area contributed by atoms with E-state index in [-0.39, 0.29) is 5.69 Å². The number of benzene rings is 1. The summed E-state index contributed by atoms with van der Waals surface area (Å²) in [7, 11) is 1.60. The van der Waals surface area contributed by atoms with Gasteiger partial charge in [0.25, 0.3) is 0 Å². The number of hydrogen-bond donors (Lipinski definition) is 0. The predicted octanol–water partition coefficient (Wildman–Crippen LogP) is 2.61. The van der Waals surface area contributed by atoms with Crippen LogP contribution in [0.15, 0.2) is 35.1 Å². The zero-order valence-corrected chi connectivity index (χ0v) is 11.1. The molecule has 94 valence electrons. The molecule has 0 bridgehead atoms. The van der Waals surface area contributed by atoms with Crippen molar-refractivity contribution in [1.29, 1.82) is 0 Å². The molecule has 0 aliphatic carbocycles. The van der Waals surface area contributed by atoms with Crippen LogP contribution in [0.4, 0.5) is 5.69 Å². The van der Waals surface area contributed by atoms with Crippen LogP contribution < -0.4 is 4.74 Å². The molecule has 0 saturated heterocycles. The molecule has 2 rings (SSSR count). The lowest BCUT2D eigenvalue weighted by Crippen LogP contribution is -2.02. The summed E-state index contributed by atoms with van der Waals surface area (Å²) in [5.74, 6) is 0.768. The second kappa shape index (κ2) is 5.18. The van der Waals surface area contributed by atoms with Crippen molar-refractivity contribution in [2.24, 2.45) is 0 Å². The smallest absolute Gasteiger partial charge is 0.321 e. The lowest BCUT2D eigenvalue weighted by atomic mass is 10.2. The number of ether oxygens (including phenoxy) is 1. The van der Waals surface area contributed by atoms with Crippen LogP contribution in [-0.2, 0) is 6.54 Å². The zero-order valence-electron chi connectivity index (χ0n) is 9.54. The van der Waals surface area contributed by atoms with Gasteiger partial charge in [-0.3, -0.25) is 10.1 Å². The van der Waals surface area contributed by atoms with Crippen LogP contribution in [-0.4, -0.2) is 21.8 Å². The molecule has 0 saturated carbocycles. The molecule has 0 aliphatic heterocycles. The van der Waals surface area contributed by atoms with Gasteiger partial charge in [-0.25, -0.2) is 4.68 Å². The van der Waals surface area contributed by atoms with E-state index in [1.165, 1.54) is 10.9 Å². The second-order valence-corrected chi connectivity index (χ2v) is 4.33. The predicted molar refractivity (Wildman–Crippen MR) is 68.7 cm³/mol. The molecule has 0 spiro atoms. The first-order chi connectivity index (χ1) is 8.61. The fourth-order valence-electron chi connectivity index (χ4n) is 1.50. The largest absolute Gasteiger partial charge is 0.497 e. The number of nitro groups is 1. The van der Waals surface area contributed by atoms with Gasteiger partial charge in [-0.15, -0.1) is 0 Å². The van der Waals surface area contributed by atoms with E-state index in [9.17, 15) is 10.1 Å². The van der Waals surface area contributed by atoms with Crippen LogP contribution in [0.25, 0.3) is 0 Å². The van der Waals surface area contributed by atoms with Gasteiger partial charge in [-0.1, -0.05) is 12.1 Å². The molecule has 0 N–H and O–H groups in total. The van der Waals surface area contributed by atoms with E-state index in [0.717, 1.165) is 11.3 Å². The number of aromatic nitrogens is 2. The molecule has 0 fully saturated rings. The quantitative estimate of drug-likeness (QED) is 0.643. The van der Waals surface area contributed by atoms with E-state index >= 15 is 0 Å². The highest BCUT2D eigenvalue weighted by Crippen LogP contribution is 2.24. The first kappa shape index (κ1) is 12.6. The molecular weight excluding hydrogens is 302 g/mol. The van der Waals surface area contributed by atoms with Gasteiger partial charge in [0, 0.05) is 0 Å². The van der Waals surface area contributed by atoms with E-state index in [1.54, 1.807) is 7.11 Å². The fraction of sp³-hybridized carbons (Fsp3) is 0.182. The Morgan fingerprint density at radius 3 is 2.61 bits per heavy atom. The third-order valence-corrected chi connectivity index (χ3v) is 3.26. The Labute approximate surface area is 111 Å². The molecule has 1 aromatic heterocycles. The Balaban J connectivity index is 2.20. The molecule has 0 aliphatic rings. The highest BCUT2D eigenvalue weighted by atomic mass is 79.9. The van der Waals surface area contributed by atoms with Crippen molar-refractivity contribution in [2.45, 2.75) is 6.54 Å². The maximum absolute atomic E-state index is 10.7. The Morgan fingerprint density at radius 2 is 2.11 bits per heavy atom. The Bertz CT molecular complexity index is 565. The number of hydrogen-bond acceptors (Lipinski definition) is 4. The normalized spacial score (nSPS) is 10.3. The van der Waals surface area contributed by atoms with Crippen LogP contribution in [0.2, 0.25) is 0 Å². The average molecular weight is 312 g/mol. The molecule has 2 aromatic rings. The Kier molecular flexibility index (Phi) is 3.61. The Morgan fingerprint density at radius 1 is 1.44 bits per heavy atom. The minimum atomic E-state index is -0.471. The third kappa shape index (κ3) is 2.51. The van der Waals surface area contributed by atoms with Crippen molar-refractivity contribution in [3.05, 3.63) is 50.7 Å². The number of rotatable bonds is 4. The SMILES string of the molecule is COc1ccc(Cn2ncc([N+](=O)[O-])c2Br)cc1. The van der Waals surface area contributed by atoms with Gasteiger partial charge >= 0.3 is 5.69 Å². The molecule has 6 nitrogen and oxygen atoms in total. The molecule has 0 unspecified atom stereocenters. The van der Waals surface area contributed by atoms with Crippen molar-refractivity contribution < 1.29 is 9.66 Å². The highest BCUT2D eigenvalue weighted by Gasteiger charge is 2.17. The molecule has 1 heterocycles. The van der Waals surface area contributed by atoms with Gasteiger partial charge < -0.3 is 4.74 Å². The monoisotopic (exact) mass is 311 g/mol. The second-order valence-electron chi connectivity index (χ2n) is 3.58. The van der Waals surface area contributed by atoms with Crippen LogP contribution in [0.5, 0.6) is 5.75 Å². The van der Waals surface area contributed by atoms with Gasteiger partial charge in [0.2, 0.25) is 0 Å². The molecule has 0 radical (unpaired) electrons. The van der Waals surface area contributed by atoms with E-state index < -0.39 is 4.92 Å². The maximum atomic E-state index is 10.7. The standard InChI is InChI=1S/C11H10BrN3O3/c1-18-9-4-2-8(3-5-9)7-14-11(12)10(6-13-14)15(16)17/h2-6H,7H2,1H3. The molecule has 1 aromatic carbocycles. The molecular formula is C11H10BrN3O3. The van der Waals surface area contributed by atoms with Crippen molar-refractivity contribution >= 4 is 21.6 Å². The maximum Gasteiger partial charge on any atom is 0.321 e. The third-order valence-electron chi connectivity index (χ3n) is 2.45. The van der Waals surface area contributed by atoms with E-state index in [2.05, 4.69) is 21.0 Å². The van der Waals surface area contributed by atoms with Crippen LogP contribution in [0, 0.1) is 10.1 Å². The van der Waals surface area contributed by atoms with Gasteiger partial charge in [0.05, 0.1) is 18.6 Å². The lowest BCUT2D eigenvalue weighted by molar-refractivity contribution is -0.385. The molecule has 18 heavy (non-hydrogen) atoms. The van der Waals surface area contributed by atoms with Crippen molar-refractivity contribution in [2.75, 3.05) is 7.11 Å². The highest BCUT2D eigenvalue weighted by molar-refractivity contribution is 9.10. The van der Waals surface area contributed by atoms with E-state index in [4.69, 9.17) is 4.74 Å². The van der Waals surface area contributed by atoms with E-state index in [0.29, 0.717) is 11.1 Å². The number of methoxy groups -OCH3 is 1. The lowest BCUT2D eigenvalue weighted by Gasteiger charge is -2.04. The molecule has 7 heteroatoms. The summed E-state index contributed by atoms with van der Waals surface area (Å²) in [6.45, 7) is 0.457. The van der Waals surface area contributed by atoms with Crippen LogP contribution >= 0.6 is 15.9 Å². The summed E-state index contributed by atoms with van der Waals surface area (Å²) in [6, 6.07) is 7.44. The summed E-state index contributed by atoms with van der Waals surface area (Å²) >= 11 is 3.17. The minimum absolute atomic E-state index is 0.0384. The zero-order chi connectivity index (χ0) is 13.1. The van der Waals surface area contributed by atoms with Crippen molar-refractivity contribution in [3.63, 3.8) is 0 Å². The summed E-state index contributed by atoms with van der Waals surface area (Å²) in [5.41, 5.74) is 0.943. The number of halogens is 1. The van der Waals surface area contributed by atoms with Gasteiger partial charge in [0.1, 0.15) is 11.9 Å². The summed E-state index contributed by atoms with van der Waals surface area (Å²) in [4.78, 5) is 10.2. The first-order valence-corrected chi connectivity index (χ1v) is 5.89. The van der Waals surface area contributed by atoms with E-state index in [1.807, 2.05) is 24.3 Å². The first-order valence-electron chi connectivity index (χ1n) is 5.10. The summed E-state index contributed by atoms with van der Waals surface area (Å²) in [5, 5.41) is 14.6. The molecule has 0 amide bonds. The minimum Gasteiger partial charge on any atom is -0.497 e. The summed E-state index contributed by atoms with van der Waals surface area (Å²) < 4.78 is 6.95. The van der Waals surface area contributed by atoms with Gasteiger partial charge in [0.15, 0.2) is 4.60 Å².